The maximum atomic E-state index is 12.6. The highest BCUT2D eigenvalue weighted by molar-refractivity contribution is 5.91. The van der Waals surface area contributed by atoms with Gasteiger partial charge < -0.3 is 5.32 Å². The van der Waals surface area contributed by atoms with Gasteiger partial charge in [-0.05, 0) is 73.8 Å². The first-order valence-electron chi connectivity index (χ1n) is 9.28. The van der Waals surface area contributed by atoms with E-state index in [4.69, 9.17) is 0 Å². The minimum atomic E-state index is 0.140. The second-order valence-corrected chi connectivity index (χ2v) is 8.42. The van der Waals surface area contributed by atoms with Gasteiger partial charge in [0.25, 0.3) is 0 Å². The second kappa shape index (κ2) is 5.64. The zero-order valence-electron chi connectivity index (χ0n) is 14.3. The van der Waals surface area contributed by atoms with Gasteiger partial charge in [-0.3, -0.25) is 9.36 Å². The lowest BCUT2D eigenvalue weighted by molar-refractivity contribution is -0.124. The number of hydrogen-bond donors (Lipinski definition) is 1. The summed E-state index contributed by atoms with van der Waals surface area (Å²) in [6.45, 7) is 0. The maximum absolute atomic E-state index is 12.6. The Labute approximate surface area is 147 Å². The van der Waals surface area contributed by atoms with Gasteiger partial charge in [0.1, 0.15) is 18.5 Å². The second-order valence-electron chi connectivity index (χ2n) is 8.42. The molecule has 0 aliphatic heterocycles. The van der Waals surface area contributed by atoms with Crippen LogP contribution in [-0.2, 0) is 4.79 Å². The molecule has 6 rings (SSSR count). The molecule has 1 N–H and O–H groups in total. The van der Waals surface area contributed by atoms with Gasteiger partial charge in [0, 0.05) is 6.42 Å². The Hall–Kier alpha value is -2.24. The Morgan fingerprint density at radius 1 is 1.08 bits per heavy atom. The van der Waals surface area contributed by atoms with Crippen molar-refractivity contribution in [3.8, 4) is 5.82 Å². The Kier molecular flexibility index (Phi) is 3.40. The molecule has 0 radical (unpaired) electrons. The molecule has 6 nitrogen and oxygen atoms in total. The highest BCUT2D eigenvalue weighted by Crippen LogP contribution is 2.61. The van der Waals surface area contributed by atoms with Crippen LogP contribution in [0.4, 0.5) is 5.69 Å². The number of amides is 1. The van der Waals surface area contributed by atoms with Gasteiger partial charge in [-0.1, -0.05) is 0 Å². The molecule has 6 heteroatoms. The van der Waals surface area contributed by atoms with Crippen molar-refractivity contribution in [2.45, 2.75) is 44.9 Å². The van der Waals surface area contributed by atoms with E-state index in [-0.39, 0.29) is 11.3 Å². The lowest BCUT2D eigenvalue weighted by atomic mass is 9.49. The van der Waals surface area contributed by atoms with E-state index >= 15 is 0 Å². The third kappa shape index (κ3) is 2.83. The number of aromatic nitrogens is 4. The molecule has 2 heterocycles. The fourth-order valence-electron chi connectivity index (χ4n) is 5.98. The van der Waals surface area contributed by atoms with Crippen molar-refractivity contribution in [3.63, 3.8) is 0 Å². The number of carbonyl (C=O) groups is 1. The number of nitrogens with zero attached hydrogens (tertiary/aromatic N) is 4. The van der Waals surface area contributed by atoms with Crippen molar-refractivity contribution < 1.29 is 4.79 Å². The third-order valence-corrected chi connectivity index (χ3v) is 6.42. The fraction of sp³-hybridized carbons (Fsp3) is 0.579. The Balaban J connectivity index is 1.25. The van der Waals surface area contributed by atoms with Crippen LogP contribution in [0, 0.1) is 23.2 Å². The largest absolute Gasteiger partial charge is 0.325 e. The van der Waals surface area contributed by atoms with Crippen molar-refractivity contribution in [2.24, 2.45) is 23.2 Å². The summed E-state index contributed by atoms with van der Waals surface area (Å²) in [5, 5.41) is 10.6. The van der Waals surface area contributed by atoms with Gasteiger partial charge in [0.05, 0.1) is 11.9 Å². The first-order chi connectivity index (χ1) is 12.2. The van der Waals surface area contributed by atoms with E-state index in [1.165, 1.54) is 38.5 Å². The summed E-state index contributed by atoms with van der Waals surface area (Å²) in [5.74, 6) is 3.52. The minimum Gasteiger partial charge on any atom is -0.325 e. The Morgan fingerprint density at radius 2 is 1.72 bits per heavy atom. The van der Waals surface area contributed by atoms with E-state index in [0.29, 0.717) is 6.42 Å². The maximum Gasteiger partial charge on any atom is 0.224 e. The molecule has 0 saturated heterocycles. The Morgan fingerprint density at radius 3 is 2.28 bits per heavy atom. The van der Waals surface area contributed by atoms with Crippen LogP contribution in [0.15, 0.2) is 31.0 Å². The van der Waals surface area contributed by atoms with Gasteiger partial charge >= 0.3 is 0 Å². The summed E-state index contributed by atoms with van der Waals surface area (Å²) in [4.78, 5) is 17.0. The zero-order valence-corrected chi connectivity index (χ0v) is 14.3. The average Bonchev–Trinajstić information content (AvgIpc) is 3.08. The molecule has 0 spiro atoms. The molecule has 4 fully saturated rings. The molecular weight excluding hydrogens is 314 g/mol. The first kappa shape index (κ1) is 15.0. The molecule has 4 aliphatic carbocycles. The van der Waals surface area contributed by atoms with Crippen molar-refractivity contribution in [1.29, 1.82) is 0 Å². The predicted octanol–water partition coefficient (Wildman–Crippen LogP) is 3.21. The van der Waals surface area contributed by atoms with Gasteiger partial charge in [-0.15, -0.1) is 10.2 Å². The smallest absolute Gasteiger partial charge is 0.224 e. The minimum absolute atomic E-state index is 0.140. The molecule has 130 valence electrons. The molecule has 0 unspecified atom stereocenters. The summed E-state index contributed by atoms with van der Waals surface area (Å²) in [7, 11) is 0. The van der Waals surface area contributed by atoms with Gasteiger partial charge in [-0.25, -0.2) is 4.98 Å². The van der Waals surface area contributed by atoms with Crippen LogP contribution in [0.3, 0.4) is 0 Å². The molecule has 0 aromatic carbocycles. The van der Waals surface area contributed by atoms with E-state index in [1.54, 1.807) is 23.4 Å². The van der Waals surface area contributed by atoms with E-state index in [1.807, 2.05) is 12.1 Å². The average molecular weight is 337 g/mol. The third-order valence-electron chi connectivity index (χ3n) is 6.42. The summed E-state index contributed by atoms with van der Waals surface area (Å²) in [5.41, 5.74) is 1.03. The standard InChI is InChI=1S/C19H23N5O/c25-18(9-19-6-13-3-14(7-19)5-15(4-13)8-19)23-16-1-2-17(20-10-16)24-11-21-22-12-24/h1-2,10-15H,3-9H2,(H,23,25). The van der Waals surface area contributed by atoms with Crippen LogP contribution in [0.2, 0.25) is 0 Å². The van der Waals surface area contributed by atoms with Crippen molar-refractivity contribution in [1.82, 2.24) is 19.7 Å². The van der Waals surface area contributed by atoms with Crippen LogP contribution >= 0.6 is 0 Å². The highest BCUT2D eigenvalue weighted by Gasteiger charge is 2.51. The molecular formula is C19H23N5O. The SMILES string of the molecule is O=C(CC12CC3CC(CC(C3)C1)C2)Nc1ccc(-n2cnnc2)nc1. The fourth-order valence-corrected chi connectivity index (χ4v) is 5.98. The monoisotopic (exact) mass is 337 g/mol. The number of anilines is 1. The van der Waals surface area contributed by atoms with E-state index < -0.39 is 0 Å². The lowest BCUT2D eigenvalue weighted by Gasteiger charge is -2.56. The van der Waals surface area contributed by atoms with E-state index in [2.05, 4.69) is 20.5 Å². The summed E-state index contributed by atoms with van der Waals surface area (Å²) in [6, 6.07) is 3.75. The number of pyridine rings is 1. The molecule has 25 heavy (non-hydrogen) atoms. The van der Waals surface area contributed by atoms with E-state index in [0.717, 1.165) is 29.3 Å². The van der Waals surface area contributed by atoms with Crippen molar-refractivity contribution in [2.75, 3.05) is 5.32 Å². The molecule has 4 saturated carbocycles. The number of carbonyl (C=O) groups excluding carboxylic acids is 1. The van der Waals surface area contributed by atoms with Gasteiger partial charge in [-0.2, -0.15) is 0 Å². The molecule has 0 atom stereocenters. The molecule has 4 aliphatic rings. The van der Waals surface area contributed by atoms with Crippen LogP contribution in [0.25, 0.3) is 5.82 Å². The van der Waals surface area contributed by atoms with Crippen LogP contribution < -0.4 is 5.32 Å². The zero-order chi connectivity index (χ0) is 16.9. The predicted molar refractivity (Wildman–Crippen MR) is 93.0 cm³/mol. The molecule has 2 aromatic heterocycles. The first-order valence-corrected chi connectivity index (χ1v) is 9.28. The number of rotatable bonds is 4. The molecule has 4 bridgehead atoms. The molecule has 1 amide bonds. The number of hydrogen-bond acceptors (Lipinski definition) is 4. The lowest BCUT2D eigenvalue weighted by Crippen LogP contribution is -2.47. The topological polar surface area (TPSA) is 72.7 Å². The number of nitrogens with one attached hydrogen (secondary N) is 1. The van der Waals surface area contributed by atoms with Gasteiger partial charge in [0.2, 0.25) is 5.91 Å². The summed E-state index contributed by atoms with van der Waals surface area (Å²) >= 11 is 0. The quantitative estimate of drug-likeness (QED) is 0.930. The van der Waals surface area contributed by atoms with E-state index in [9.17, 15) is 4.79 Å². The van der Waals surface area contributed by atoms with Gasteiger partial charge in [0.15, 0.2) is 0 Å². The molecule has 2 aromatic rings. The summed E-state index contributed by atoms with van der Waals surface area (Å²) in [6.07, 6.45) is 13.6. The van der Waals surface area contributed by atoms with Crippen molar-refractivity contribution >= 4 is 11.6 Å². The Bertz CT molecular complexity index is 732. The van der Waals surface area contributed by atoms with Crippen molar-refractivity contribution in [3.05, 3.63) is 31.0 Å². The van der Waals surface area contributed by atoms with Crippen LogP contribution in [0.1, 0.15) is 44.9 Å². The van der Waals surface area contributed by atoms with Crippen LogP contribution in [0.5, 0.6) is 0 Å². The van der Waals surface area contributed by atoms with Crippen LogP contribution in [-0.4, -0.2) is 25.7 Å². The highest BCUT2D eigenvalue weighted by atomic mass is 16.1. The normalized spacial score (nSPS) is 32.7. The summed E-state index contributed by atoms with van der Waals surface area (Å²) < 4.78 is 1.74.